The van der Waals surface area contributed by atoms with Crippen LogP contribution < -0.4 is 4.90 Å². The number of morpholine rings is 1. The minimum atomic E-state index is -0.0949. The summed E-state index contributed by atoms with van der Waals surface area (Å²) in [5.41, 5.74) is 3.54. The van der Waals surface area contributed by atoms with E-state index in [4.69, 9.17) is 9.72 Å². The van der Waals surface area contributed by atoms with Crippen LogP contribution in [0.4, 0.5) is 5.13 Å². The number of aromatic nitrogens is 3. The quantitative estimate of drug-likeness (QED) is 0.601. The van der Waals surface area contributed by atoms with Gasteiger partial charge in [-0.1, -0.05) is 23.5 Å². The number of carbonyl (C=O) groups excluding carboxylic acids is 1. The fourth-order valence-corrected chi connectivity index (χ4v) is 4.86. The highest BCUT2D eigenvalue weighted by atomic mass is 32.1. The number of nitrogens with zero attached hydrogens (tertiary/aromatic N) is 5. The Hall–Kier alpha value is -2.29. The van der Waals surface area contributed by atoms with Crippen molar-refractivity contribution in [1.82, 2.24) is 19.7 Å². The van der Waals surface area contributed by atoms with Crippen LogP contribution in [0.25, 0.3) is 10.2 Å². The number of para-hydroxylation sites is 1. The van der Waals surface area contributed by atoms with Gasteiger partial charge in [-0.25, -0.2) is 4.98 Å². The van der Waals surface area contributed by atoms with Crippen molar-refractivity contribution in [2.75, 3.05) is 44.3 Å². The Morgan fingerprint density at radius 3 is 2.70 bits per heavy atom. The molecule has 0 aliphatic carbocycles. The standard InChI is InChI=1S/C22H29N5O2S/c1-15(2)27-17(4)14-18(24-27)21(28)26(9-8-25-10-12-29-13-11-25)22-23-20-16(3)6-5-7-19(20)30-22/h5-7,14-15H,8-13H2,1-4H3. The number of ether oxygens (including phenoxy) is 1. The molecular weight excluding hydrogens is 398 g/mol. The van der Waals surface area contributed by atoms with Gasteiger partial charge in [0.05, 0.1) is 23.4 Å². The minimum absolute atomic E-state index is 0.0949. The summed E-state index contributed by atoms with van der Waals surface area (Å²) in [6, 6.07) is 8.24. The maximum absolute atomic E-state index is 13.5. The number of anilines is 1. The van der Waals surface area contributed by atoms with Crippen LogP contribution in [0, 0.1) is 13.8 Å². The van der Waals surface area contributed by atoms with Gasteiger partial charge in [-0.15, -0.1) is 0 Å². The molecule has 8 heteroatoms. The van der Waals surface area contributed by atoms with Gasteiger partial charge in [0.1, 0.15) is 0 Å². The molecule has 3 heterocycles. The molecular formula is C22H29N5O2S. The molecule has 1 aliphatic rings. The van der Waals surface area contributed by atoms with Crippen LogP contribution in [0.15, 0.2) is 24.3 Å². The zero-order chi connectivity index (χ0) is 21.3. The Morgan fingerprint density at radius 1 is 1.27 bits per heavy atom. The average Bonchev–Trinajstić information content (AvgIpc) is 3.33. The lowest BCUT2D eigenvalue weighted by Gasteiger charge is -2.29. The Balaban J connectivity index is 1.65. The van der Waals surface area contributed by atoms with Crippen molar-refractivity contribution < 1.29 is 9.53 Å². The van der Waals surface area contributed by atoms with Gasteiger partial charge in [0.25, 0.3) is 5.91 Å². The first kappa shape index (κ1) is 21.0. The molecule has 0 atom stereocenters. The maximum Gasteiger partial charge on any atom is 0.280 e. The smallest absolute Gasteiger partial charge is 0.280 e. The van der Waals surface area contributed by atoms with Gasteiger partial charge in [0.15, 0.2) is 10.8 Å². The Labute approximate surface area is 181 Å². The molecule has 1 amide bonds. The second-order valence-electron chi connectivity index (χ2n) is 8.04. The molecule has 160 valence electrons. The van der Waals surface area contributed by atoms with E-state index in [0.717, 1.165) is 59.5 Å². The van der Waals surface area contributed by atoms with E-state index in [1.807, 2.05) is 23.7 Å². The second-order valence-corrected chi connectivity index (χ2v) is 9.05. The third kappa shape index (κ3) is 4.26. The highest BCUT2D eigenvalue weighted by molar-refractivity contribution is 7.22. The van der Waals surface area contributed by atoms with E-state index in [-0.39, 0.29) is 11.9 Å². The topological polar surface area (TPSA) is 63.5 Å². The summed E-state index contributed by atoms with van der Waals surface area (Å²) in [5.74, 6) is -0.0949. The fraction of sp³-hybridized carbons (Fsp3) is 0.500. The summed E-state index contributed by atoms with van der Waals surface area (Å²) in [4.78, 5) is 22.5. The van der Waals surface area contributed by atoms with Crippen LogP contribution >= 0.6 is 11.3 Å². The van der Waals surface area contributed by atoms with E-state index in [1.54, 1.807) is 16.2 Å². The summed E-state index contributed by atoms with van der Waals surface area (Å²) >= 11 is 1.56. The van der Waals surface area contributed by atoms with Crippen LogP contribution in [0.1, 0.15) is 41.6 Å². The predicted molar refractivity (Wildman–Crippen MR) is 121 cm³/mol. The van der Waals surface area contributed by atoms with Crippen molar-refractivity contribution in [3.05, 3.63) is 41.2 Å². The molecule has 0 bridgehead atoms. The molecule has 1 saturated heterocycles. The van der Waals surface area contributed by atoms with Crippen molar-refractivity contribution in [1.29, 1.82) is 0 Å². The number of benzene rings is 1. The summed E-state index contributed by atoms with van der Waals surface area (Å²) in [7, 11) is 0. The van der Waals surface area contributed by atoms with E-state index in [9.17, 15) is 4.79 Å². The first-order chi connectivity index (χ1) is 14.4. The molecule has 0 radical (unpaired) electrons. The molecule has 0 N–H and O–H groups in total. The normalized spacial score (nSPS) is 15.2. The van der Waals surface area contributed by atoms with Crippen molar-refractivity contribution in [3.63, 3.8) is 0 Å². The third-order valence-corrected chi connectivity index (χ3v) is 6.50. The first-order valence-corrected chi connectivity index (χ1v) is 11.3. The van der Waals surface area contributed by atoms with Gasteiger partial charge in [-0.05, 0) is 45.4 Å². The van der Waals surface area contributed by atoms with E-state index >= 15 is 0 Å². The molecule has 1 aliphatic heterocycles. The molecule has 0 spiro atoms. The summed E-state index contributed by atoms with van der Waals surface area (Å²) in [5, 5.41) is 5.32. The number of aryl methyl sites for hydroxylation is 2. The van der Waals surface area contributed by atoms with Gasteiger partial charge >= 0.3 is 0 Å². The number of thiazole rings is 1. The van der Waals surface area contributed by atoms with Gasteiger partial charge in [0.2, 0.25) is 0 Å². The molecule has 7 nitrogen and oxygen atoms in total. The maximum atomic E-state index is 13.5. The number of rotatable bonds is 6. The van der Waals surface area contributed by atoms with Crippen LogP contribution in [-0.2, 0) is 4.74 Å². The highest BCUT2D eigenvalue weighted by Gasteiger charge is 2.25. The van der Waals surface area contributed by atoms with E-state index in [1.165, 1.54) is 0 Å². The monoisotopic (exact) mass is 427 g/mol. The molecule has 4 rings (SSSR count). The molecule has 0 unspecified atom stereocenters. The molecule has 3 aromatic rings. The van der Waals surface area contributed by atoms with Crippen LogP contribution in [0.5, 0.6) is 0 Å². The molecule has 2 aromatic heterocycles. The van der Waals surface area contributed by atoms with Crippen molar-refractivity contribution in [2.24, 2.45) is 0 Å². The zero-order valence-corrected chi connectivity index (χ0v) is 18.9. The van der Waals surface area contributed by atoms with Crippen molar-refractivity contribution in [3.8, 4) is 0 Å². The van der Waals surface area contributed by atoms with E-state index in [2.05, 4.69) is 42.9 Å². The SMILES string of the molecule is Cc1cccc2sc(N(CCN3CCOCC3)C(=O)c3cc(C)n(C(C)C)n3)nc12. The molecule has 30 heavy (non-hydrogen) atoms. The second kappa shape index (κ2) is 8.83. The van der Waals surface area contributed by atoms with Crippen molar-refractivity contribution >= 4 is 32.6 Å². The first-order valence-electron chi connectivity index (χ1n) is 10.5. The number of amides is 1. The summed E-state index contributed by atoms with van der Waals surface area (Å²) < 4.78 is 8.45. The highest BCUT2D eigenvalue weighted by Crippen LogP contribution is 2.31. The lowest BCUT2D eigenvalue weighted by Crippen LogP contribution is -2.43. The van der Waals surface area contributed by atoms with Crippen molar-refractivity contribution in [2.45, 2.75) is 33.7 Å². The predicted octanol–water partition coefficient (Wildman–Crippen LogP) is 3.67. The fourth-order valence-electron chi connectivity index (χ4n) is 3.79. The lowest BCUT2D eigenvalue weighted by molar-refractivity contribution is 0.0391. The number of hydrogen-bond acceptors (Lipinski definition) is 6. The number of carbonyl (C=O) groups is 1. The molecule has 0 saturated carbocycles. The minimum Gasteiger partial charge on any atom is -0.379 e. The Morgan fingerprint density at radius 2 is 2.03 bits per heavy atom. The summed E-state index contributed by atoms with van der Waals surface area (Å²) in [6.45, 7) is 12.8. The third-order valence-electron chi connectivity index (χ3n) is 5.46. The zero-order valence-electron chi connectivity index (χ0n) is 18.1. The van der Waals surface area contributed by atoms with E-state index in [0.29, 0.717) is 12.2 Å². The summed E-state index contributed by atoms with van der Waals surface area (Å²) in [6.07, 6.45) is 0. The Kier molecular flexibility index (Phi) is 6.17. The average molecular weight is 428 g/mol. The van der Waals surface area contributed by atoms with Crippen LogP contribution in [0.3, 0.4) is 0 Å². The largest absolute Gasteiger partial charge is 0.379 e. The lowest BCUT2D eigenvalue weighted by atomic mass is 10.2. The van der Waals surface area contributed by atoms with E-state index < -0.39 is 0 Å². The van der Waals surface area contributed by atoms with Gasteiger partial charge in [-0.2, -0.15) is 5.10 Å². The van der Waals surface area contributed by atoms with Gasteiger partial charge in [-0.3, -0.25) is 19.3 Å². The number of fused-ring (bicyclic) bond motifs is 1. The number of hydrogen-bond donors (Lipinski definition) is 0. The van der Waals surface area contributed by atoms with Crippen LogP contribution in [0.2, 0.25) is 0 Å². The Bertz CT molecular complexity index is 1040. The van der Waals surface area contributed by atoms with Gasteiger partial charge in [0, 0.05) is 37.9 Å². The molecule has 1 aromatic carbocycles. The van der Waals surface area contributed by atoms with Gasteiger partial charge < -0.3 is 4.74 Å². The van der Waals surface area contributed by atoms with Crippen LogP contribution in [-0.4, -0.2) is 65.0 Å². The molecule has 1 fully saturated rings.